The Kier molecular flexibility index (Phi) is 3.96. The highest BCUT2D eigenvalue weighted by atomic mass is 16.2. The number of nitrogens with one attached hydrogen (secondary N) is 1. The Hall–Kier alpha value is -3.29. The fourth-order valence-corrected chi connectivity index (χ4v) is 2.00. The van der Waals surface area contributed by atoms with E-state index in [1.165, 1.54) is 10.7 Å². The Morgan fingerprint density at radius 1 is 1.26 bits per heavy atom. The van der Waals surface area contributed by atoms with Gasteiger partial charge in [0.1, 0.15) is 12.4 Å². The summed E-state index contributed by atoms with van der Waals surface area (Å²) in [4.78, 5) is 28.0. The van der Waals surface area contributed by atoms with Crippen molar-refractivity contribution in [1.29, 1.82) is 0 Å². The van der Waals surface area contributed by atoms with Crippen LogP contribution in [0.2, 0.25) is 0 Å². The van der Waals surface area contributed by atoms with Crippen molar-refractivity contribution in [1.82, 2.24) is 24.5 Å². The number of hydrogen-bond donors (Lipinski definition) is 1. The SMILES string of the molecule is Cc1ccnc(NC(=O)Cn2nc(-n3cccn3)ccc2=O)c1. The molecule has 0 fully saturated rings. The molecule has 0 saturated heterocycles. The fraction of sp³-hybridized carbons (Fsp3) is 0.133. The van der Waals surface area contributed by atoms with Crippen LogP contribution in [0.5, 0.6) is 0 Å². The molecule has 0 radical (unpaired) electrons. The first kappa shape index (κ1) is 14.6. The van der Waals surface area contributed by atoms with Gasteiger partial charge in [0.2, 0.25) is 5.91 Å². The number of amides is 1. The number of nitrogens with zero attached hydrogens (tertiary/aromatic N) is 5. The van der Waals surface area contributed by atoms with E-state index >= 15 is 0 Å². The summed E-state index contributed by atoms with van der Waals surface area (Å²) in [5.41, 5.74) is 0.611. The van der Waals surface area contributed by atoms with Gasteiger partial charge < -0.3 is 5.32 Å². The van der Waals surface area contributed by atoms with Crippen LogP contribution in [-0.2, 0) is 11.3 Å². The molecule has 3 heterocycles. The molecule has 0 aliphatic heterocycles. The molecule has 0 saturated carbocycles. The van der Waals surface area contributed by atoms with Gasteiger partial charge in [-0.15, -0.1) is 5.10 Å². The molecule has 1 amide bonds. The highest BCUT2D eigenvalue weighted by molar-refractivity contribution is 5.89. The first-order valence-electron chi connectivity index (χ1n) is 6.92. The summed E-state index contributed by atoms with van der Waals surface area (Å²) < 4.78 is 2.60. The van der Waals surface area contributed by atoms with Gasteiger partial charge in [-0.05, 0) is 36.8 Å². The minimum absolute atomic E-state index is 0.205. The van der Waals surface area contributed by atoms with Crippen LogP contribution in [0.4, 0.5) is 5.82 Å². The van der Waals surface area contributed by atoms with Crippen LogP contribution in [0, 0.1) is 6.92 Å². The van der Waals surface area contributed by atoms with Crippen molar-refractivity contribution in [3.63, 3.8) is 0 Å². The zero-order valence-corrected chi connectivity index (χ0v) is 12.4. The molecule has 8 nitrogen and oxygen atoms in total. The maximum Gasteiger partial charge on any atom is 0.267 e. The van der Waals surface area contributed by atoms with Gasteiger partial charge in [-0.3, -0.25) is 9.59 Å². The molecule has 0 unspecified atom stereocenters. The average molecular weight is 310 g/mol. The zero-order chi connectivity index (χ0) is 16.2. The molecule has 1 N–H and O–H groups in total. The number of anilines is 1. The standard InChI is InChI=1S/C15H14N6O2/c1-11-5-7-16-12(9-11)18-14(22)10-21-15(23)4-3-13(19-21)20-8-2-6-17-20/h2-9H,10H2,1H3,(H,16,18,22). The van der Waals surface area contributed by atoms with Gasteiger partial charge in [-0.1, -0.05) is 0 Å². The number of aryl methyl sites for hydroxylation is 1. The van der Waals surface area contributed by atoms with Gasteiger partial charge in [-0.2, -0.15) is 5.10 Å². The Morgan fingerprint density at radius 2 is 2.13 bits per heavy atom. The molecule has 8 heteroatoms. The molecule has 3 aromatic heterocycles. The summed E-state index contributed by atoms with van der Waals surface area (Å²) in [6.45, 7) is 1.69. The maximum atomic E-state index is 12.1. The molecule has 0 atom stereocenters. The third kappa shape index (κ3) is 3.49. The van der Waals surface area contributed by atoms with Crippen LogP contribution in [0.15, 0.2) is 53.7 Å². The first-order valence-corrected chi connectivity index (χ1v) is 6.92. The van der Waals surface area contributed by atoms with Gasteiger partial charge in [-0.25, -0.2) is 14.3 Å². The molecule has 23 heavy (non-hydrogen) atoms. The number of rotatable bonds is 4. The summed E-state index contributed by atoms with van der Waals surface area (Å²) in [6, 6.07) is 8.21. The quantitative estimate of drug-likeness (QED) is 0.768. The summed E-state index contributed by atoms with van der Waals surface area (Å²) in [5, 5.41) is 10.8. The van der Waals surface area contributed by atoms with Crippen LogP contribution >= 0.6 is 0 Å². The lowest BCUT2D eigenvalue weighted by Crippen LogP contribution is -2.30. The number of aromatic nitrogens is 5. The summed E-state index contributed by atoms with van der Waals surface area (Å²) in [6.07, 6.45) is 4.91. The Bertz CT molecular complexity index is 885. The van der Waals surface area contributed by atoms with E-state index in [1.807, 2.05) is 13.0 Å². The van der Waals surface area contributed by atoms with Gasteiger partial charge >= 0.3 is 0 Å². The molecule has 3 rings (SSSR count). The van der Waals surface area contributed by atoms with Crippen LogP contribution in [0.1, 0.15) is 5.56 Å². The van der Waals surface area contributed by atoms with Crippen LogP contribution < -0.4 is 10.9 Å². The van der Waals surface area contributed by atoms with Crippen molar-refractivity contribution < 1.29 is 4.79 Å². The van der Waals surface area contributed by atoms with Crippen LogP contribution in [-0.4, -0.2) is 30.5 Å². The van der Waals surface area contributed by atoms with Crippen LogP contribution in [0.3, 0.4) is 0 Å². The second-order valence-corrected chi connectivity index (χ2v) is 4.90. The van der Waals surface area contributed by atoms with E-state index < -0.39 is 0 Å². The van der Waals surface area contributed by atoms with E-state index in [4.69, 9.17) is 0 Å². The highest BCUT2D eigenvalue weighted by Crippen LogP contribution is 2.05. The number of carbonyl (C=O) groups excluding carboxylic acids is 1. The van der Waals surface area contributed by atoms with E-state index in [0.29, 0.717) is 11.6 Å². The van der Waals surface area contributed by atoms with Crippen molar-refractivity contribution >= 4 is 11.7 Å². The van der Waals surface area contributed by atoms with E-state index in [2.05, 4.69) is 20.5 Å². The molecule has 0 spiro atoms. The summed E-state index contributed by atoms with van der Waals surface area (Å²) in [7, 11) is 0. The van der Waals surface area contributed by atoms with Gasteiger partial charge in [0.05, 0.1) is 0 Å². The van der Waals surface area contributed by atoms with Gasteiger partial charge in [0, 0.05) is 24.7 Å². The van der Waals surface area contributed by atoms with Crippen molar-refractivity contribution in [3.05, 3.63) is 64.8 Å². The Morgan fingerprint density at radius 3 is 2.87 bits per heavy atom. The lowest BCUT2D eigenvalue weighted by atomic mass is 10.3. The summed E-state index contributed by atoms with van der Waals surface area (Å²) >= 11 is 0. The predicted molar refractivity (Wildman–Crippen MR) is 83.2 cm³/mol. The molecule has 0 aliphatic carbocycles. The summed E-state index contributed by atoms with van der Waals surface area (Å²) in [5.74, 6) is 0.512. The highest BCUT2D eigenvalue weighted by Gasteiger charge is 2.09. The minimum Gasteiger partial charge on any atom is -0.309 e. The smallest absolute Gasteiger partial charge is 0.267 e. The topological polar surface area (TPSA) is 94.7 Å². The zero-order valence-electron chi connectivity index (χ0n) is 12.4. The maximum absolute atomic E-state index is 12.1. The molecule has 0 bridgehead atoms. The van der Waals surface area contributed by atoms with Crippen LogP contribution in [0.25, 0.3) is 5.82 Å². The molecule has 0 aliphatic rings. The second kappa shape index (κ2) is 6.22. The molecular weight excluding hydrogens is 296 g/mol. The Labute approximate surface area is 131 Å². The minimum atomic E-state index is -0.379. The lowest BCUT2D eigenvalue weighted by molar-refractivity contribution is -0.117. The van der Waals surface area contributed by atoms with E-state index in [9.17, 15) is 9.59 Å². The number of hydrogen-bond acceptors (Lipinski definition) is 5. The third-order valence-electron chi connectivity index (χ3n) is 3.07. The molecule has 3 aromatic rings. The van der Waals surface area contributed by atoms with E-state index in [0.717, 1.165) is 10.2 Å². The van der Waals surface area contributed by atoms with Gasteiger partial charge in [0.15, 0.2) is 5.82 Å². The van der Waals surface area contributed by atoms with E-state index in [-0.39, 0.29) is 18.0 Å². The normalized spacial score (nSPS) is 10.5. The second-order valence-electron chi connectivity index (χ2n) is 4.90. The first-order chi connectivity index (χ1) is 11.1. The lowest BCUT2D eigenvalue weighted by Gasteiger charge is -2.08. The average Bonchev–Trinajstić information content (AvgIpc) is 3.04. The van der Waals surface area contributed by atoms with Crippen molar-refractivity contribution in [2.45, 2.75) is 13.5 Å². The Balaban J connectivity index is 1.78. The van der Waals surface area contributed by atoms with E-state index in [1.54, 1.807) is 36.8 Å². The molecule has 0 aromatic carbocycles. The van der Waals surface area contributed by atoms with Crippen molar-refractivity contribution in [2.24, 2.45) is 0 Å². The third-order valence-corrected chi connectivity index (χ3v) is 3.07. The van der Waals surface area contributed by atoms with Crippen molar-refractivity contribution in [3.8, 4) is 5.82 Å². The fourth-order valence-electron chi connectivity index (χ4n) is 2.00. The molecular formula is C15H14N6O2. The number of pyridine rings is 1. The largest absolute Gasteiger partial charge is 0.309 e. The van der Waals surface area contributed by atoms with Crippen molar-refractivity contribution in [2.75, 3.05) is 5.32 Å². The monoisotopic (exact) mass is 310 g/mol. The van der Waals surface area contributed by atoms with Gasteiger partial charge in [0.25, 0.3) is 5.56 Å². The molecule has 116 valence electrons. The number of carbonyl (C=O) groups is 1. The predicted octanol–water partition coefficient (Wildman–Crippen LogP) is 0.771.